The monoisotopic (exact) mass is 370 g/mol. The van der Waals surface area contributed by atoms with E-state index in [4.69, 9.17) is 9.47 Å². The summed E-state index contributed by atoms with van der Waals surface area (Å²) in [6.07, 6.45) is 0.650. The molecule has 0 aliphatic heterocycles. The number of amides is 2. The zero-order chi connectivity index (χ0) is 19.8. The second-order valence-electron chi connectivity index (χ2n) is 6.27. The molecule has 0 atom stereocenters. The van der Waals surface area contributed by atoms with Crippen molar-refractivity contribution in [2.24, 2.45) is 0 Å². The lowest BCUT2D eigenvalue weighted by atomic mass is 10.1. The Bertz CT molecular complexity index is 818. The van der Waals surface area contributed by atoms with Crippen LogP contribution in [0.2, 0.25) is 0 Å². The maximum Gasteiger partial charge on any atom is 0.251 e. The smallest absolute Gasteiger partial charge is 0.251 e. The second-order valence-corrected chi connectivity index (χ2v) is 6.27. The average Bonchev–Trinajstić information content (AvgIpc) is 2.68. The van der Waals surface area contributed by atoms with Gasteiger partial charge < -0.3 is 20.1 Å². The molecule has 0 saturated heterocycles. The predicted molar refractivity (Wildman–Crippen MR) is 105 cm³/mol. The Morgan fingerprint density at radius 2 is 1.63 bits per heavy atom. The van der Waals surface area contributed by atoms with Crippen molar-refractivity contribution in [1.82, 2.24) is 10.6 Å². The van der Waals surface area contributed by atoms with E-state index in [1.807, 2.05) is 44.2 Å². The largest absolute Gasteiger partial charge is 0.493 e. The van der Waals surface area contributed by atoms with Crippen molar-refractivity contribution in [2.45, 2.75) is 20.3 Å². The summed E-state index contributed by atoms with van der Waals surface area (Å²) in [5, 5.41) is 5.44. The number of benzene rings is 2. The van der Waals surface area contributed by atoms with Crippen molar-refractivity contribution in [3.05, 3.63) is 58.7 Å². The first-order valence-electron chi connectivity index (χ1n) is 8.77. The third-order valence-electron chi connectivity index (χ3n) is 4.36. The highest BCUT2D eigenvalue weighted by Crippen LogP contribution is 2.27. The molecular weight excluding hydrogens is 344 g/mol. The minimum Gasteiger partial charge on any atom is -0.493 e. The van der Waals surface area contributed by atoms with Crippen LogP contribution in [0.25, 0.3) is 0 Å². The second kappa shape index (κ2) is 9.62. The van der Waals surface area contributed by atoms with Crippen molar-refractivity contribution in [3.8, 4) is 11.5 Å². The fourth-order valence-electron chi connectivity index (χ4n) is 2.59. The SMILES string of the molecule is COc1ccc(CCNC(=O)CNC(=O)c2ccc(C)c(C)c2)cc1OC. The molecule has 0 radical (unpaired) electrons. The van der Waals surface area contributed by atoms with Gasteiger partial charge in [-0.25, -0.2) is 0 Å². The van der Waals surface area contributed by atoms with Gasteiger partial charge in [-0.3, -0.25) is 9.59 Å². The van der Waals surface area contributed by atoms with Gasteiger partial charge in [-0.05, 0) is 61.2 Å². The number of carbonyl (C=O) groups is 2. The highest BCUT2D eigenvalue weighted by Gasteiger charge is 2.09. The van der Waals surface area contributed by atoms with Gasteiger partial charge in [0.2, 0.25) is 5.91 Å². The van der Waals surface area contributed by atoms with Crippen LogP contribution in [0.5, 0.6) is 11.5 Å². The van der Waals surface area contributed by atoms with Crippen LogP contribution in [0.15, 0.2) is 36.4 Å². The molecular formula is C21H26N2O4. The Hall–Kier alpha value is -3.02. The lowest BCUT2D eigenvalue weighted by Crippen LogP contribution is -2.37. The van der Waals surface area contributed by atoms with Crippen molar-refractivity contribution in [3.63, 3.8) is 0 Å². The van der Waals surface area contributed by atoms with Gasteiger partial charge in [0.05, 0.1) is 20.8 Å². The Morgan fingerprint density at radius 3 is 2.30 bits per heavy atom. The fraction of sp³-hybridized carbons (Fsp3) is 0.333. The molecule has 0 fully saturated rings. The van der Waals surface area contributed by atoms with Crippen LogP contribution >= 0.6 is 0 Å². The summed E-state index contributed by atoms with van der Waals surface area (Å²) in [5.74, 6) is 0.835. The van der Waals surface area contributed by atoms with E-state index in [1.165, 1.54) is 0 Å². The minimum absolute atomic E-state index is 0.0578. The fourth-order valence-corrected chi connectivity index (χ4v) is 2.59. The Labute approximate surface area is 159 Å². The van der Waals surface area contributed by atoms with Gasteiger partial charge in [0, 0.05) is 12.1 Å². The van der Waals surface area contributed by atoms with Crippen LogP contribution in [0.3, 0.4) is 0 Å². The van der Waals surface area contributed by atoms with Gasteiger partial charge in [-0.2, -0.15) is 0 Å². The molecule has 2 amide bonds. The minimum atomic E-state index is -0.256. The van der Waals surface area contributed by atoms with Crippen molar-refractivity contribution in [2.75, 3.05) is 27.3 Å². The van der Waals surface area contributed by atoms with Gasteiger partial charge in [0.15, 0.2) is 11.5 Å². The molecule has 6 nitrogen and oxygen atoms in total. The molecule has 27 heavy (non-hydrogen) atoms. The van der Waals surface area contributed by atoms with Gasteiger partial charge in [0.1, 0.15) is 0 Å². The van der Waals surface area contributed by atoms with E-state index in [9.17, 15) is 9.59 Å². The lowest BCUT2D eigenvalue weighted by molar-refractivity contribution is -0.120. The first-order chi connectivity index (χ1) is 12.9. The zero-order valence-electron chi connectivity index (χ0n) is 16.2. The molecule has 0 saturated carbocycles. The third-order valence-corrected chi connectivity index (χ3v) is 4.36. The van der Waals surface area contributed by atoms with Crippen LogP contribution in [0.4, 0.5) is 0 Å². The molecule has 0 unspecified atom stereocenters. The van der Waals surface area contributed by atoms with E-state index >= 15 is 0 Å². The van der Waals surface area contributed by atoms with Crippen LogP contribution in [0.1, 0.15) is 27.0 Å². The molecule has 0 aliphatic carbocycles. The molecule has 2 rings (SSSR count). The number of methoxy groups -OCH3 is 2. The quantitative estimate of drug-likeness (QED) is 0.748. The topological polar surface area (TPSA) is 76.7 Å². The van der Waals surface area contributed by atoms with Crippen LogP contribution in [-0.4, -0.2) is 39.1 Å². The molecule has 144 valence electrons. The Morgan fingerprint density at radius 1 is 0.889 bits per heavy atom. The van der Waals surface area contributed by atoms with E-state index in [2.05, 4.69) is 10.6 Å². The molecule has 0 bridgehead atoms. The lowest BCUT2D eigenvalue weighted by Gasteiger charge is -2.10. The van der Waals surface area contributed by atoms with Crippen molar-refractivity contribution >= 4 is 11.8 Å². The zero-order valence-corrected chi connectivity index (χ0v) is 16.2. The average molecular weight is 370 g/mol. The summed E-state index contributed by atoms with van der Waals surface area (Å²) in [6.45, 7) is 4.35. The summed E-state index contributed by atoms with van der Waals surface area (Å²) in [4.78, 5) is 24.1. The summed E-state index contributed by atoms with van der Waals surface area (Å²) in [5.41, 5.74) is 3.74. The number of aryl methyl sites for hydroxylation is 2. The molecule has 0 heterocycles. The van der Waals surface area contributed by atoms with Gasteiger partial charge in [0.25, 0.3) is 5.91 Å². The number of ether oxygens (including phenoxy) is 2. The first-order valence-corrected chi connectivity index (χ1v) is 8.77. The van der Waals surface area contributed by atoms with Crippen LogP contribution in [-0.2, 0) is 11.2 Å². The van der Waals surface area contributed by atoms with Gasteiger partial charge in [-0.1, -0.05) is 12.1 Å². The highest BCUT2D eigenvalue weighted by molar-refractivity contribution is 5.96. The normalized spacial score (nSPS) is 10.2. The van der Waals surface area contributed by atoms with Crippen LogP contribution in [0, 0.1) is 13.8 Å². The van der Waals surface area contributed by atoms with E-state index in [-0.39, 0.29) is 18.4 Å². The van der Waals surface area contributed by atoms with E-state index in [0.717, 1.165) is 16.7 Å². The summed E-state index contributed by atoms with van der Waals surface area (Å²) in [6, 6.07) is 11.1. The molecule has 0 aliphatic rings. The number of carbonyl (C=O) groups excluding carboxylic acids is 2. The molecule has 2 N–H and O–H groups in total. The number of nitrogens with one attached hydrogen (secondary N) is 2. The Kier molecular flexibility index (Phi) is 7.23. The van der Waals surface area contributed by atoms with Gasteiger partial charge in [-0.15, -0.1) is 0 Å². The third kappa shape index (κ3) is 5.74. The molecule has 2 aromatic rings. The summed E-state index contributed by atoms with van der Waals surface area (Å²) < 4.78 is 10.5. The van der Waals surface area contributed by atoms with Crippen molar-refractivity contribution in [1.29, 1.82) is 0 Å². The predicted octanol–water partition coefficient (Wildman–Crippen LogP) is 2.41. The first kappa shape index (κ1) is 20.3. The number of hydrogen-bond donors (Lipinski definition) is 2. The summed E-state index contributed by atoms with van der Waals surface area (Å²) in [7, 11) is 3.17. The number of rotatable bonds is 8. The molecule has 0 aromatic heterocycles. The van der Waals surface area contributed by atoms with Gasteiger partial charge >= 0.3 is 0 Å². The number of hydrogen-bond acceptors (Lipinski definition) is 4. The molecule has 6 heteroatoms. The summed E-state index contributed by atoms with van der Waals surface area (Å²) >= 11 is 0. The van der Waals surface area contributed by atoms with E-state index in [0.29, 0.717) is 30.0 Å². The molecule has 0 spiro atoms. The van der Waals surface area contributed by atoms with Crippen LogP contribution < -0.4 is 20.1 Å². The maximum atomic E-state index is 12.1. The standard InChI is InChI=1S/C21H26N2O4/c1-14-5-7-17(11-15(14)2)21(25)23-13-20(24)22-10-9-16-6-8-18(26-3)19(12-16)27-4/h5-8,11-12H,9-10,13H2,1-4H3,(H,22,24)(H,23,25). The maximum absolute atomic E-state index is 12.1. The highest BCUT2D eigenvalue weighted by atomic mass is 16.5. The molecule has 2 aromatic carbocycles. The van der Waals surface area contributed by atoms with Crippen molar-refractivity contribution < 1.29 is 19.1 Å². The van der Waals surface area contributed by atoms with E-state index < -0.39 is 0 Å². The Balaban J connectivity index is 1.77. The van der Waals surface area contributed by atoms with E-state index in [1.54, 1.807) is 20.3 Å².